The summed E-state index contributed by atoms with van der Waals surface area (Å²) in [4.78, 5) is 25.1. The number of carbonyl (C=O) groups is 1. The van der Waals surface area contributed by atoms with Crippen LogP contribution in [0.15, 0.2) is 61.4 Å². The van der Waals surface area contributed by atoms with Gasteiger partial charge in [0, 0.05) is 31.8 Å². The van der Waals surface area contributed by atoms with Gasteiger partial charge in [-0.3, -0.25) is 4.79 Å². The Morgan fingerprint density at radius 1 is 1.14 bits per heavy atom. The van der Waals surface area contributed by atoms with Gasteiger partial charge < -0.3 is 25.2 Å². The molecule has 0 unspecified atom stereocenters. The van der Waals surface area contributed by atoms with Crippen molar-refractivity contribution >= 4 is 34.4 Å². The molecule has 10 nitrogen and oxygen atoms in total. The minimum atomic E-state index is -0.365. The van der Waals surface area contributed by atoms with Gasteiger partial charge in [0.15, 0.2) is 5.82 Å². The molecule has 4 aromatic rings. The number of anilines is 4. The van der Waals surface area contributed by atoms with Crippen LogP contribution in [0.5, 0.6) is 5.75 Å². The zero-order valence-corrected chi connectivity index (χ0v) is 21.2. The van der Waals surface area contributed by atoms with Gasteiger partial charge in [0.05, 0.1) is 36.6 Å². The monoisotopic (exact) mass is 504 g/mol. The molecule has 4 rings (SSSR count). The maximum atomic E-state index is 13.8. The minimum absolute atomic E-state index is 0.260. The Bertz CT molecular complexity index is 1440. The number of nitrogens with one attached hydrogen (secondary N) is 2. The first-order valence-corrected chi connectivity index (χ1v) is 11.5. The van der Waals surface area contributed by atoms with Gasteiger partial charge in [-0.25, -0.2) is 18.9 Å². The van der Waals surface area contributed by atoms with Gasteiger partial charge in [-0.15, -0.1) is 5.10 Å². The molecule has 0 aliphatic rings. The number of aromatic nitrogens is 4. The molecule has 11 heteroatoms. The van der Waals surface area contributed by atoms with E-state index in [1.165, 1.54) is 18.2 Å². The Morgan fingerprint density at radius 3 is 2.62 bits per heavy atom. The summed E-state index contributed by atoms with van der Waals surface area (Å²) in [6.07, 6.45) is 4.44. The van der Waals surface area contributed by atoms with Crippen molar-refractivity contribution in [1.82, 2.24) is 24.5 Å². The van der Waals surface area contributed by atoms with Crippen LogP contribution in [0, 0.1) is 5.82 Å². The molecule has 192 valence electrons. The fourth-order valence-corrected chi connectivity index (χ4v) is 3.71. The van der Waals surface area contributed by atoms with Crippen molar-refractivity contribution in [1.29, 1.82) is 0 Å². The summed E-state index contributed by atoms with van der Waals surface area (Å²) in [5, 5.41) is 10.6. The number of likely N-dealkylation sites (N-methyl/N-ethyl adjacent to an activating group) is 2. The molecule has 2 aromatic carbocycles. The maximum absolute atomic E-state index is 13.8. The van der Waals surface area contributed by atoms with Crippen molar-refractivity contribution in [2.45, 2.75) is 0 Å². The van der Waals surface area contributed by atoms with Crippen molar-refractivity contribution in [2.24, 2.45) is 0 Å². The third-order valence-corrected chi connectivity index (χ3v) is 5.66. The fraction of sp³-hybridized carbons (Fsp3) is 0.231. The number of carbonyl (C=O) groups excluding carboxylic acids is 1. The lowest BCUT2D eigenvalue weighted by Crippen LogP contribution is -2.29. The van der Waals surface area contributed by atoms with Crippen LogP contribution in [0.25, 0.3) is 16.9 Å². The number of hydrogen-bond acceptors (Lipinski definition) is 8. The van der Waals surface area contributed by atoms with E-state index in [9.17, 15) is 9.18 Å². The highest BCUT2D eigenvalue weighted by Gasteiger charge is 2.17. The van der Waals surface area contributed by atoms with E-state index in [-0.39, 0.29) is 17.7 Å². The lowest BCUT2D eigenvalue weighted by Gasteiger charge is -2.25. The average molecular weight is 505 g/mol. The SMILES string of the molecule is C=CC(=O)Nc1cc(Nc2ncc3cnc(-c4cccc(F)c4)n3n2)c(OC)cc1N(C)CCN(C)C. The third kappa shape index (κ3) is 5.84. The Kier molecular flexibility index (Phi) is 7.63. The quantitative estimate of drug-likeness (QED) is 0.315. The van der Waals surface area contributed by atoms with Gasteiger partial charge in [0.25, 0.3) is 0 Å². The largest absolute Gasteiger partial charge is 0.494 e. The number of methoxy groups -OCH3 is 1. The Labute approximate surface area is 214 Å². The summed E-state index contributed by atoms with van der Waals surface area (Å²) in [6, 6.07) is 9.75. The van der Waals surface area contributed by atoms with E-state index < -0.39 is 0 Å². The summed E-state index contributed by atoms with van der Waals surface area (Å²) < 4.78 is 21.0. The number of rotatable bonds is 10. The van der Waals surface area contributed by atoms with Crippen LogP contribution < -0.4 is 20.3 Å². The first-order chi connectivity index (χ1) is 17.8. The lowest BCUT2D eigenvalue weighted by molar-refractivity contribution is -0.111. The number of ether oxygens (including phenoxy) is 1. The van der Waals surface area contributed by atoms with Crippen LogP contribution in [0.3, 0.4) is 0 Å². The fourth-order valence-electron chi connectivity index (χ4n) is 3.71. The van der Waals surface area contributed by atoms with Crippen LogP contribution in [-0.4, -0.2) is 71.7 Å². The summed E-state index contributed by atoms with van der Waals surface area (Å²) >= 11 is 0. The van der Waals surface area contributed by atoms with Crippen molar-refractivity contribution in [3.63, 3.8) is 0 Å². The van der Waals surface area contributed by atoms with Crippen molar-refractivity contribution in [2.75, 3.05) is 56.9 Å². The number of imidazole rings is 1. The molecule has 2 N–H and O–H groups in total. The molecule has 0 atom stereocenters. The molecule has 0 saturated heterocycles. The topological polar surface area (TPSA) is 99.9 Å². The standard InChI is InChI=1S/C26H29FN8O2/c1-6-24(36)30-20-13-21(23(37-5)14-22(20)34(4)11-10-33(2)3)31-26-29-16-19-15-28-25(35(19)32-26)17-8-7-9-18(27)12-17/h6-9,12-16H,1,10-11H2,2-5H3,(H,30,36)(H,31,32). The maximum Gasteiger partial charge on any atom is 0.247 e. The number of benzene rings is 2. The van der Waals surface area contributed by atoms with Crippen LogP contribution in [0.1, 0.15) is 0 Å². The van der Waals surface area contributed by atoms with Gasteiger partial charge in [0.2, 0.25) is 11.9 Å². The predicted octanol–water partition coefficient (Wildman–Crippen LogP) is 3.80. The van der Waals surface area contributed by atoms with Gasteiger partial charge in [-0.2, -0.15) is 0 Å². The van der Waals surface area contributed by atoms with E-state index in [1.54, 1.807) is 42.2 Å². The van der Waals surface area contributed by atoms with Crippen molar-refractivity contribution in [3.8, 4) is 17.1 Å². The van der Waals surface area contributed by atoms with Gasteiger partial charge in [-0.05, 0) is 38.4 Å². The number of hydrogen-bond donors (Lipinski definition) is 2. The molecule has 0 fully saturated rings. The molecule has 2 heterocycles. The third-order valence-electron chi connectivity index (χ3n) is 5.66. The summed E-state index contributed by atoms with van der Waals surface area (Å²) in [5.41, 5.74) is 3.12. The van der Waals surface area contributed by atoms with E-state index in [4.69, 9.17) is 4.74 Å². The Hall–Kier alpha value is -4.51. The molecular weight excluding hydrogens is 475 g/mol. The molecule has 0 radical (unpaired) electrons. The highest BCUT2D eigenvalue weighted by molar-refractivity contribution is 6.02. The minimum Gasteiger partial charge on any atom is -0.494 e. The van der Waals surface area contributed by atoms with Crippen LogP contribution in [-0.2, 0) is 4.79 Å². The number of fused-ring (bicyclic) bond motifs is 1. The molecule has 0 aliphatic heterocycles. The molecule has 0 aliphatic carbocycles. The average Bonchev–Trinajstić information content (AvgIpc) is 3.30. The first-order valence-electron chi connectivity index (χ1n) is 11.5. The van der Waals surface area contributed by atoms with Gasteiger partial charge in [-0.1, -0.05) is 18.7 Å². The normalized spacial score (nSPS) is 11.0. The van der Waals surface area contributed by atoms with Crippen LogP contribution in [0.4, 0.5) is 27.4 Å². The molecule has 0 saturated carbocycles. The van der Waals surface area contributed by atoms with E-state index in [2.05, 4.69) is 37.2 Å². The second-order valence-electron chi connectivity index (χ2n) is 8.62. The van der Waals surface area contributed by atoms with E-state index in [0.29, 0.717) is 34.0 Å². The second kappa shape index (κ2) is 11.0. The van der Waals surface area contributed by atoms with E-state index in [1.807, 2.05) is 32.1 Å². The summed E-state index contributed by atoms with van der Waals surface area (Å²) in [5.74, 6) is 0.563. The molecule has 37 heavy (non-hydrogen) atoms. The van der Waals surface area contributed by atoms with E-state index >= 15 is 0 Å². The van der Waals surface area contributed by atoms with Crippen LogP contribution >= 0.6 is 0 Å². The summed E-state index contributed by atoms with van der Waals surface area (Å²) in [7, 11) is 7.50. The van der Waals surface area contributed by atoms with E-state index in [0.717, 1.165) is 18.8 Å². The molecule has 2 aromatic heterocycles. The van der Waals surface area contributed by atoms with Gasteiger partial charge >= 0.3 is 0 Å². The Morgan fingerprint density at radius 2 is 1.92 bits per heavy atom. The van der Waals surface area contributed by atoms with Crippen LogP contribution in [0.2, 0.25) is 0 Å². The highest BCUT2D eigenvalue weighted by atomic mass is 19.1. The zero-order chi connectivity index (χ0) is 26.5. The number of halogens is 1. The first kappa shape index (κ1) is 25.6. The number of amides is 1. The zero-order valence-electron chi connectivity index (χ0n) is 21.2. The smallest absolute Gasteiger partial charge is 0.247 e. The number of nitrogens with zero attached hydrogens (tertiary/aromatic N) is 6. The second-order valence-corrected chi connectivity index (χ2v) is 8.62. The van der Waals surface area contributed by atoms with Crippen molar-refractivity contribution in [3.05, 3.63) is 67.3 Å². The van der Waals surface area contributed by atoms with Crippen molar-refractivity contribution < 1.29 is 13.9 Å². The summed E-state index contributed by atoms with van der Waals surface area (Å²) in [6.45, 7) is 5.10. The highest BCUT2D eigenvalue weighted by Crippen LogP contribution is 2.38. The lowest BCUT2D eigenvalue weighted by atomic mass is 10.2. The molecule has 1 amide bonds. The van der Waals surface area contributed by atoms with Gasteiger partial charge in [0.1, 0.15) is 17.1 Å². The predicted molar refractivity (Wildman–Crippen MR) is 143 cm³/mol. The Balaban J connectivity index is 1.72. The molecule has 0 bridgehead atoms. The molecular formula is C26H29FN8O2. The molecule has 0 spiro atoms.